The van der Waals surface area contributed by atoms with Gasteiger partial charge in [-0.15, -0.1) is 0 Å². The van der Waals surface area contributed by atoms with Crippen LogP contribution in [0.1, 0.15) is 104 Å². The van der Waals surface area contributed by atoms with E-state index in [0.717, 1.165) is 6.92 Å². The van der Waals surface area contributed by atoms with Crippen molar-refractivity contribution in [3.63, 3.8) is 0 Å². The highest BCUT2D eigenvalue weighted by Gasteiger charge is 2.67. The zero-order valence-corrected chi connectivity index (χ0v) is 48.8. The second-order valence-corrected chi connectivity index (χ2v) is 30.1. The SMILES string of the molecule is CC(CC(=O)OCCC1CCS(=O)(=O)CC1)C(F)(F)F.CC(F)(F)C(F)(F)C(=O)OCCC1CCS(=O)(=O)CC1.O=C(OCCC1CCS(=O)(=O)CC1)C(C(F)(F)F)C(F)(F)F.O=C(OCCC1CCS(=O)(=O)CC1)C(F)(F)C(F)(F)CC(F)(F)F. The number of carbonyl (C=O) groups excluding carboxylic acids is 4. The van der Waals surface area contributed by atoms with E-state index in [1.807, 2.05) is 0 Å². The highest BCUT2D eigenvalue weighted by atomic mass is 32.2. The molecule has 0 aromatic heterocycles. The van der Waals surface area contributed by atoms with Crippen molar-refractivity contribution >= 4 is 63.2 Å². The van der Waals surface area contributed by atoms with Crippen molar-refractivity contribution in [2.24, 2.45) is 35.5 Å². The number of rotatable bonds is 20. The third kappa shape index (κ3) is 29.7. The van der Waals surface area contributed by atoms with Crippen LogP contribution in [-0.4, -0.2) is 178 Å². The second kappa shape index (κ2) is 31.8. The first-order valence-electron chi connectivity index (χ1n) is 25.8. The molecule has 4 aliphatic rings. The van der Waals surface area contributed by atoms with E-state index in [4.69, 9.17) is 4.74 Å². The van der Waals surface area contributed by atoms with Gasteiger partial charge in [-0.05, 0) is 101 Å². The lowest BCUT2D eigenvalue weighted by Gasteiger charge is -2.26. The minimum Gasteiger partial charge on any atom is -0.466 e. The molecule has 4 heterocycles. The lowest BCUT2D eigenvalue weighted by Crippen LogP contribution is -2.50. The molecule has 4 fully saturated rings. The van der Waals surface area contributed by atoms with Gasteiger partial charge in [0.15, 0.2) is 0 Å². The molecule has 1 unspecified atom stereocenters. The van der Waals surface area contributed by atoms with Crippen molar-refractivity contribution < 1.29 is 160 Å². The molecule has 0 bridgehead atoms. The summed E-state index contributed by atoms with van der Waals surface area (Å²) < 4.78 is 355. The lowest BCUT2D eigenvalue weighted by atomic mass is 9.99. The summed E-state index contributed by atoms with van der Waals surface area (Å²) in [4.78, 5) is 44.2. The van der Waals surface area contributed by atoms with E-state index < -0.39 is 156 Å². The molecule has 0 amide bonds. The first-order chi connectivity index (χ1) is 38.5. The van der Waals surface area contributed by atoms with Crippen molar-refractivity contribution in [3.05, 3.63) is 0 Å². The Bertz CT molecular complexity index is 2590. The maximum absolute atomic E-state index is 13.2. The molecule has 0 aliphatic carbocycles. The van der Waals surface area contributed by atoms with Crippen LogP contribution in [0.25, 0.3) is 0 Å². The minimum atomic E-state index is -5.77. The largest absolute Gasteiger partial charge is 0.466 e. The Balaban J connectivity index is 0.000000575. The smallest absolute Gasteiger partial charge is 0.411 e. The predicted molar refractivity (Wildman–Crippen MR) is 259 cm³/mol. The number of halogens is 20. The fourth-order valence-corrected chi connectivity index (χ4v) is 14.4. The number of sulfone groups is 4. The first kappa shape index (κ1) is 80.3. The van der Waals surface area contributed by atoms with Crippen LogP contribution in [-0.2, 0) is 77.5 Å². The first-order valence-corrected chi connectivity index (χ1v) is 33.1. The van der Waals surface area contributed by atoms with E-state index in [0.29, 0.717) is 32.1 Å². The van der Waals surface area contributed by atoms with Crippen LogP contribution in [0.3, 0.4) is 0 Å². The van der Waals surface area contributed by atoms with E-state index in [9.17, 15) is 141 Å². The number of carbonyl (C=O) groups is 4. The highest BCUT2D eigenvalue weighted by Crippen LogP contribution is 2.44. The predicted octanol–water partition coefficient (Wildman–Crippen LogP) is 9.82. The highest BCUT2D eigenvalue weighted by molar-refractivity contribution is 7.92. The molecule has 508 valence electrons. The quantitative estimate of drug-likeness (QED) is 0.0625. The van der Waals surface area contributed by atoms with Gasteiger partial charge in [0.25, 0.3) is 0 Å². The number of hydrogen-bond donors (Lipinski definition) is 0. The van der Waals surface area contributed by atoms with E-state index in [1.165, 1.54) is 0 Å². The average molecular weight is 1380 g/mol. The van der Waals surface area contributed by atoms with E-state index in [2.05, 4.69) is 14.2 Å². The fraction of sp³-hybridized carbons (Fsp3) is 0.913. The summed E-state index contributed by atoms with van der Waals surface area (Å²) in [6.07, 6.45) is -22.0. The van der Waals surface area contributed by atoms with Gasteiger partial charge in [0, 0.05) is 6.92 Å². The Morgan fingerprint density at radius 2 is 0.674 bits per heavy atom. The molecule has 4 saturated heterocycles. The summed E-state index contributed by atoms with van der Waals surface area (Å²) >= 11 is 0. The van der Waals surface area contributed by atoms with Crippen molar-refractivity contribution in [2.75, 3.05) is 72.5 Å². The molecule has 40 heteroatoms. The second-order valence-electron chi connectivity index (χ2n) is 20.9. The summed E-state index contributed by atoms with van der Waals surface area (Å²) in [6.45, 7) is -0.801. The van der Waals surface area contributed by atoms with Crippen molar-refractivity contribution in [2.45, 2.75) is 152 Å². The van der Waals surface area contributed by atoms with E-state index in [-0.39, 0.29) is 128 Å². The Morgan fingerprint density at radius 1 is 0.407 bits per heavy atom. The zero-order valence-electron chi connectivity index (χ0n) is 45.6. The molecule has 0 radical (unpaired) electrons. The van der Waals surface area contributed by atoms with E-state index >= 15 is 0 Å². The Morgan fingerprint density at radius 3 is 0.930 bits per heavy atom. The van der Waals surface area contributed by atoms with Gasteiger partial charge in [-0.3, -0.25) is 9.59 Å². The Labute approximate surface area is 481 Å². The molecule has 86 heavy (non-hydrogen) atoms. The normalized spacial score (nSPS) is 20.5. The monoisotopic (exact) mass is 1380 g/mol. The Hall–Kier alpha value is -3.72. The van der Waals surface area contributed by atoms with Crippen LogP contribution in [0, 0.1) is 35.5 Å². The number of hydrogen-bond acceptors (Lipinski definition) is 16. The van der Waals surface area contributed by atoms with Gasteiger partial charge in [-0.1, -0.05) is 6.92 Å². The van der Waals surface area contributed by atoms with Crippen LogP contribution >= 0.6 is 0 Å². The maximum atomic E-state index is 13.2. The standard InChI is InChI=1S/C12H15F7O4S.C12H19F3O4S.C11H14F6O4S.C11H16F4O4S/c13-10(14,7-11(15,16)17)12(18,19)9(20)23-4-1-8-2-5-24(21,22)6-3-8;1-9(12(13,14)15)8-11(16)19-5-2-10-3-6-20(17,18)7-4-10;12-10(13,14)8(11(15,16)17)9(18)21-4-1-7-2-5-22(19,20)6-3-7;1-10(12,13)11(14,15)9(16)19-5-2-8-3-6-20(17,18)7-4-8/h8H,1-7H2;9-10H,2-8H2,1H3;7-8H,1-6H2;8H,2-7H2,1H3. The molecule has 0 aromatic rings. The lowest BCUT2D eigenvalue weighted by molar-refractivity contribution is -0.282. The van der Waals surface area contributed by atoms with Gasteiger partial charge in [0.05, 0.1) is 84.8 Å². The molecule has 0 aromatic carbocycles. The third-order valence-corrected chi connectivity index (χ3v) is 20.5. The number of alkyl halides is 20. The minimum absolute atomic E-state index is 0.00873. The molecule has 16 nitrogen and oxygen atoms in total. The maximum Gasteiger partial charge on any atom is 0.411 e. The molecule has 0 saturated carbocycles. The van der Waals surface area contributed by atoms with Crippen molar-refractivity contribution in [1.82, 2.24) is 0 Å². The summed E-state index contributed by atoms with van der Waals surface area (Å²) in [5, 5.41) is 0. The third-order valence-electron chi connectivity index (χ3n) is 13.6. The summed E-state index contributed by atoms with van der Waals surface area (Å²) in [5.41, 5.74) is 0. The van der Waals surface area contributed by atoms with Crippen LogP contribution in [0.2, 0.25) is 0 Å². The molecule has 0 spiro atoms. The molecule has 4 aliphatic heterocycles. The van der Waals surface area contributed by atoms with Gasteiger partial charge < -0.3 is 18.9 Å². The fourth-order valence-electron chi connectivity index (χ4n) is 8.05. The van der Waals surface area contributed by atoms with Crippen LogP contribution in [0.15, 0.2) is 0 Å². The Kier molecular flexibility index (Phi) is 29.7. The average Bonchev–Trinajstić information content (AvgIpc) is 1.21. The van der Waals surface area contributed by atoms with E-state index in [1.54, 1.807) is 0 Å². The van der Waals surface area contributed by atoms with Crippen LogP contribution < -0.4 is 0 Å². The molecular formula is C46H64F20O16S4. The zero-order chi connectivity index (χ0) is 67.0. The topological polar surface area (TPSA) is 242 Å². The van der Waals surface area contributed by atoms with Gasteiger partial charge in [-0.2, -0.15) is 87.8 Å². The van der Waals surface area contributed by atoms with Crippen LogP contribution in [0.5, 0.6) is 0 Å². The van der Waals surface area contributed by atoms with Crippen LogP contribution in [0.4, 0.5) is 87.8 Å². The van der Waals surface area contributed by atoms with Gasteiger partial charge in [-0.25, -0.2) is 43.3 Å². The van der Waals surface area contributed by atoms with Gasteiger partial charge in [0.2, 0.25) is 5.92 Å². The summed E-state index contributed by atoms with van der Waals surface area (Å²) in [6, 6.07) is 0. The molecular weight excluding hydrogens is 1320 g/mol. The van der Waals surface area contributed by atoms with Crippen molar-refractivity contribution in [1.29, 1.82) is 0 Å². The molecule has 1 atom stereocenters. The van der Waals surface area contributed by atoms with Crippen molar-refractivity contribution in [3.8, 4) is 0 Å². The summed E-state index contributed by atoms with van der Waals surface area (Å²) in [7, 11) is -12.2. The van der Waals surface area contributed by atoms with Gasteiger partial charge >= 0.3 is 72.3 Å². The molecule has 0 N–H and O–H groups in total. The van der Waals surface area contributed by atoms with Gasteiger partial charge in [0.1, 0.15) is 45.8 Å². The number of ether oxygens (including phenoxy) is 4. The summed E-state index contributed by atoms with van der Waals surface area (Å²) in [5.74, 6) is -35.2. The number of esters is 4. The molecule has 4 rings (SSSR count).